The van der Waals surface area contributed by atoms with E-state index in [0.29, 0.717) is 19.3 Å². The predicted molar refractivity (Wildman–Crippen MR) is 316 cm³/mol. The molecule has 0 fully saturated rings. The molecule has 0 aliphatic heterocycles. The number of ether oxygens (including phenoxy) is 3. The molecule has 12 heteroatoms. The molecule has 430 valence electrons. The smallest absolute Gasteiger partial charge is 0.462 e. The number of aliphatic hydroxyl groups is 1. The summed E-state index contributed by atoms with van der Waals surface area (Å²) in [5, 5.41) is 9.81. The Kier molecular flexibility index (Phi) is 53.5. The van der Waals surface area contributed by atoms with Crippen molar-refractivity contribution in [2.45, 2.75) is 226 Å². The van der Waals surface area contributed by atoms with Gasteiger partial charge >= 0.3 is 25.7 Å². The van der Waals surface area contributed by atoms with Gasteiger partial charge < -0.3 is 24.2 Å². The van der Waals surface area contributed by atoms with Gasteiger partial charge in [0.05, 0.1) is 19.8 Å². The summed E-state index contributed by atoms with van der Waals surface area (Å²) in [6.45, 7) is 4.20. The van der Waals surface area contributed by atoms with Crippen LogP contribution in [0.4, 0.5) is 0 Å². The second-order valence-electron chi connectivity index (χ2n) is 18.7. The van der Waals surface area contributed by atoms with Crippen molar-refractivity contribution in [3.8, 4) is 0 Å². The van der Waals surface area contributed by atoms with E-state index in [-0.39, 0.29) is 25.9 Å². The Balaban J connectivity index is 4.84. The van der Waals surface area contributed by atoms with Gasteiger partial charge in [-0.05, 0) is 128 Å². The summed E-state index contributed by atoms with van der Waals surface area (Å²) in [6, 6.07) is 0. The van der Waals surface area contributed by atoms with Crippen LogP contribution in [-0.2, 0) is 42.2 Å². The van der Waals surface area contributed by atoms with Crippen LogP contribution in [0.5, 0.6) is 0 Å². The SMILES string of the molecule is CC/C=C\C/C=C\C/C=C\C/C=C\CCCCCCCCC(=O)OCC(COP(=O)(O)OCC(CO)OC(=O)CCCCC/C=C\C/C=C\C/C=C\CC)OC(=O)CCCCCC/C=C\C/C=C\C/C=C\C/C=C\CC. The van der Waals surface area contributed by atoms with Gasteiger partial charge in [-0.2, -0.15) is 0 Å². The van der Waals surface area contributed by atoms with Gasteiger partial charge in [0.15, 0.2) is 6.10 Å². The zero-order valence-electron chi connectivity index (χ0n) is 47.4. The lowest BCUT2D eigenvalue weighted by molar-refractivity contribution is -0.161. The van der Waals surface area contributed by atoms with E-state index < -0.39 is 57.8 Å². The lowest BCUT2D eigenvalue weighted by atomic mass is 10.1. The summed E-state index contributed by atoms with van der Waals surface area (Å²) in [5.74, 6) is -1.56. The van der Waals surface area contributed by atoms with Crippen molar-refractivity contribution in [2.24, 2.45) is 0 Å². The molecule has 11 nitrogen and oxygen atoms in total. The van der Waals surface area contributed by atoms with Crippen LogP contribution in [-0.4, -0.2) is 66.5 Å². The first kappa shape index (κ1) is 71.6. The highest BCUT2D eigenvalue weighted by Crippen LogP contribution is 2.43. The van der Waals surface area contributed by atoms with E-state index in [9.17, 15) is 28.9 Å². The highest BCUT2D eigenvalue weighted by molar-refractivity contribution is 7.47. The Morgan fingerprint density at radius 1 is 0.368 bits per heavy atom. The molecule has 3 atom stereocenters. The number of phosphoric ester groups is 1. The Hall–Kier alpha value is -4.38. The van der Waals surface area contributed by atoms with Crippen molar-refractivity contribution in [3.05, 3.63) is 134 Å². The quantitative estimate of drug-likeness (QED) is 0.0197. The number of aliphatic hydroxyl groups excluding tert-OH is 1. The third-order valence-electron chi connectivity index (χ3n) is 11.6. The zero-order chi connectivity index (χ0) is 55.5. The van der Waals surface area contributed by atoms with Gasteiger partial charge in [0.25, 0.3) is 0 Å². The van der Waals surface area contributed by atoms with Crippen molar-refractivity contribution in [1.82, 2.24) is 0 Å². The highest BCUT2D eigenvalue weighted by Gasteiger charge is 2.28. The van der Waals surface area contributed by atoms with E-state index in [1.165, 1.54) is 0 Å². The minimum Gasteiger partial charge on any atom is -0.462 e. The van der Waals surface area contributed by atoms with Crippen molar-refractivity contribution in [1.29, 1.82) is 0 Å². The third-order valence-corrected chi connectivity index (χ3v) is 12.5. The van der Waals surface area contributed by atoms with Crippen LogP contribution < -0.4 is 0 Å². The first-order valence-electron chi connectivity index (χ1n) is 29.1. The van der Waals surface area contributed by atoms with E-state index in [4.69, 9.17) is 23.3 Å². The number of phosphoric acid groups is 1. The van der Waals surface area contributed by atoms with E-state index >= 15 is 0 Å². The monoisotopic (exact) mass is 1080 g/mol. The summed E-state index contributed by atoms with van der Waals surface area (Å²) in [7, 11) is -4.78. The molecule has 76 heavy (non-hydrogen) atoms. The molecule has 0 saturated heterocycles. The predicted octanol–water partition coefficient (Wildman–Crippen LogP) is 17.4. The van der Waals surface area contributed by atoms with Crippen LogP contribution in [0.2, 0.25) is 0 Å². The van der Waals surface area contributed by atoms with Crippen molar-refractivity contribution in [3.63, 3.8) is 0 Å². The molecule has 2 N–H and O–H groups in total. The first-order valence-corrected chi connectivity index (χ1v) is 30.6. The van der Waals surface area contributed by atoms with Gasteiger partial charge in [-0.1, -0.05) is 199 Å². The van der Waals surface area contributed by atoms with Gasteiger partial charge in [0.1, 0.15) is 12.7 Å². The summed E-state index contributed by atoms with van der Waals surface area (Å²) in [5.41, 5.74) is 0. The van der Waals surface area contributed by atoms with Crippen LogP contribution in [0.1, 0.15) is 213 Å². The van der Waals surface area contributed by atoms with E-state index in [1.54, 1.807) is 0 Å². The van der Waals surface area contributed by atoms with Gasteiger partial charge in [-0.3, -0.25) is 23.4 Å². The molecular weight excluding hydrogens is 976 g/mol. The van der Waals surface area contributed by atoms with Crippen LogP contribution in [0.15, 0.2) is 134 Å². The first-order chi connectivity index (χ1) is 37.2. The van der Waals surface area contributed by atoms with Crippen LogP contribution in [0.25, 0.3) is 0 Å². The summed E-state index contributed by atoms with van der Waals surface area (Å²) < 4.78 is 39.5. The second kappa shape index (κ2) is 56.8. The maximum absolute atomic E-state index is 12.9. The molecule has 0 saturated carbocycles. The number of unbranched alkanes of at least 4 members (excludes halogenated alkanes) is 13. The van der Waals surface area contributed by atoms with Crippen molar-refractivity contribution >= 4 is 25.7 Å². The maximum Gasteiger partial charge on any atom is 0.472 e. The van der Waals surface area contributed by atoms with Crippen LogP contribution in [0, 0.1) is 0 Å². The summed E-state index contributed by atoms with van der Waals surface area (Å²) >= 11 is 0. The van der Waals surface area contributed by atoms with Gasteiger partial charge in [0.2, 0.25) is 0 Å². The standard InChI is InChI=1S/C64H103O11P/c1-4-7-10-13-16-19-22-25-27-29-30-32-33-36-38-41-44-47-50-53-62(66)71-57-61(75-64(68)55-52-49-46-43-40-37-34-31-28-26-23-20-17-14-11-8-5-2)59-73-76(69,70)72-58-60(56-65)74-63(67)54-51-48-45-42-39-35-24-21-18-15-12-9-6-3/h7-12,16-21,25-28,30,32,34-35,37,39,60-61,65H,4-6,13-15,22-24,29,31,33,36,38,40-59H2,1-3H3,(H,69,70)/b10-7-,11-8-,12-9-,19-16-,20-17-,21-18-,27-25-,28-26-,32-30-,37-34-,39-35-. The molecule has 0 spiro atoms. The lowest BCUT2D eigenvalue weighted by Gasteiger charge is -2.21. The number of carbonyl (C=O) groups excluding carboxylic acids is 3. The van der Waals surface area contributed by atoms with Crippen LogP contribution in [0.3, 0.4) is 0 Å². The lowest BCUT2D eigenvalue weighted by Crippen LogP contribution is -2.30. The van der Waals surface area contributed by atoms with Gasteiger partial charge in [0, 0.05) is 19.3 Å². The Labute approximate surface area is 461 Å². The molecule has 0 bridgehead atoms. The fourth-order valence-corrected chi connectivity index (χ4v) is 8.02. The zero-order valence-corrected chi connectivity index (χ0v) is 48.3. The average molecular weight is 1080 g/mol. The maximum atomic E-state index is 12.9. The van der Waals surface area contributed by atoms with Crippen LogP contribution >= 0.6 is 7.82 Å². The molecule has 0 aromatic heterocycles. The van der Waals surface area contributed by atoms with E-state index in [2.05, 4.69) is 154 Å². The number of hydrogen-bond donors (Lipinski definition) is 2. The fourth-order valence-electron chi connectivity index (χ4n) is 7.23. The molecule has 0 aromatic carbocycles. The number of esters is 3. The fraction of sp³-hybridized carbons (Fsp3) is 0.609. The molecule has 0 amide bonds. The largest absolute Gasteiger partial charge is 0.472 e. The third kappa shape index (κ3) is 54.4. The molecule has 0 aliphatic rings. The van der Waals surface area contributed by atoms with Gasteiger partial charge in [-0.15, -0.1) is 0 Å². The topological polar surface area (TPSA) is 155 Å². The van der Waals surface area contributed by atoms with Crippen molar-refractivity contribution in [2.75, 3.05) is 26.4 Å². The minimum absolute atomic E-state index is 0.126. The molecule has 3 unspecified atom stereocenters. The number of allylic oxidation sites excluding steroid dienone is 22. The molecule has 0 aromatic rings. The second-order valence-corrected chi connectivity index (χ2v) is 20.1. The molecule has 0 rings (SSSR count). The molecule has 0 aliphatic carbocycles. The summed E-state index contributed by atoms with van der Waals surface area (Å²) in [6.07, 6.45) is 71.2. The Morgan fingerprint density at radius 3 is 1.00 bits per heavy atom. The number of rotatable bonds is 52. The Morgan fingerprint density at radius 2 is 0.645 bits per heavy atom. The summed E-state index contributed by atoms with van der Waals surface area (Å²) in [4.78, 5) is 48.6. The highest BCUT2D eigenvalue weighted by atomic mass is 31.2. The number of hydrogen-bond acceptors (Lipinski definition) is 10. The number of carbonyl (C=O) groups is 3. The Bertz CT molecular complexity index is 1780. The van der Waals surface area contributed by atoms with E-state index in [1.807, 2.05) is 0 Å². The van der Waals surface area contributed by atoms with E-state index in [0.717, 1.165) is 154 Å². The molecule has 0 radical (unpaired) electrons. The molecule has 0 heterocycles. The minimum atomic E-state index is -4.78. The van der Waals surface area contributed by atoms with Gasteiger partial charge in [-0.25, -0.2) is 4.57 Å². The van der Waals surface area contributed by atoms with Crippen molar-refractivity contribution < 1.29 is 52.2 Å². The average Bonchev–Trinajstić information content (AvgIpc) is 3.41. The normalized spacial score (nSPS) is 14.3. The molecular formula is C64H103O11P.